The van der Waals surface area contributed by atoms with Gasteiger partial charge in [0.2, 0.25) is 0 Å². The number of imidazole rings is 1. The molecule has 21 heavy (non-hydrogen) atoms. The molecule has 0 aliphatic heterocycles. The molecule has 0 saturated heterocycles. The number of nitrogens with zero attached hydrogens (tertiary/aromatic N) is 2. The summed E-state index contributed by atoms with van der Waals surface area (Å²) in [5.41, 5.74) is 0.425. The predicted molar refractivity (Wildman–Crippen MR) is 78.2 cm³/mol. The van der Waals surface area contributed by atoms with Gasteiger partial charge in [0.15, 0.2) is 0 Å². The van der Waals surface area contributed by atoms with Crippen LogP contribution in [0.15, 0.2) is 30.7 Å². The SMILES string of the molecule is CC(C)C(C)(CC(=O)O)NC(=O)c1ccc2nccn2c1. The van der Waals surface area contributed by atoms with Gasteiger partial charge in [0.25, 0.3) is 5.91 Å². The van der Waals surface area contributed by atoms with Crippen LogP contribution in [0.2, 0.25) is 0 Å². The van der Waals surface area contributed by atoms with Crippen molar-refractivity contribution in [3.05, 3.63) is 36.3 Å². The van der Waals surface area contributed by atoms with Crippen LogP contribution in [-0.4, -0.2) is 31.9 Å². The van der Waals surface area contributed by atoms with Gasteiger partial charge in [-0.05, 0) is 25.0 Å². The Labute approximate surface area is 122 Å². The average Bonchev–Trinajstić information content (AvgIpc) is 2.84. The third-order valence-electron chi connectivity index (χ3n) is 3.84. The van der Waals surface area contributed by atoms with E-state index in [-0.39, 0.29) is 18.2 Å². The normalized spacial score (nSPS) is 14.1. The van der Waals surface area contributed by atoms with Gasteiger partial charge in [0, 0.05) is 18.6 Å². The average molecular weight is 289 g/mol. The molecular formula is C15H19N3O3. The molecule has 0 saturated carbocycles. The van der Waals surface area contributed by atoms with Crippen molar-refractivity contribution in [2.45, 2.75) is 32.7 Å². The third-order valence-corrected chi connectivity index (χ3v) is 3.84. The number of hydrogen-bond acceptors (Lipinski definition) is 3. The minimum atomic E-state index is -0.934. The molecule has 1 unspecified atom stereocenters. The van der Waals surface area contributed by atoms with E-state index in [1.54, 1.807) is 42.0 Å². The molecule has 0 aliphatic carbocycles. The van der Waals surface area contributed by atoms with Crippen LogP contribution in [0.1, 0.15) is 37.6 Å². The number of carbonyl (C=O) groups is 2. The maximum atomic E-state index is 12.4. The van der Waals surface area contributed by atoms with Crippen LogP contribution >= 0.6 is 0 Å². The molecule has 1 atom stereocenters. The summed E-state index contributed by atoms with van der Waals surface area (Å²) in [5.74, 6) is -1.23. The summed E-state index contributed by atoms with van der Waals surface area (Å²) in [4.78, 5) is 27.5. The van der Waals surface area contributed by atoms with Crippen molar-refractivity contribution in [3.63, 3.8) is 0 Å². The van der Waals surface area contributed by atoms with E-state index in [1.807, 2.05) is 13.8 Å². The standard InChI is InChI=1S/C15H19N3O3/c1-10(2)15(3,8-13(19)20)17-14(21)11-4-5-12-16-6-7-18(12)9-11/h4-7,9-10H,8H2,1-3H3,(H,17,21)(H,19,20). The molecule has 0 spiro atoms. The van der Waals surface area contributed by atoms with Crippen LogP contribution in [0.3, 0.4) is 0 Å². The van der Waals surface area contributed by atoms with Crippen LogP contribution in [0.4, 0.5) is 0 Å². The van der Waals surface area contributed by atoms with Crippen molar-refractivity contribution in [2.24, 2.45) is 5.92 Å². The molecule has 2 N–H and O–H groups in total. The summed E-state index contributed by atoms with van der Waals surface area (Å²) in [6.07, 6.45) is 4.97. The Bertz CT molecular complexity index is 678. The predicted octanol–water partition coefficient (Wildman–Crippen LogP) is 1.95. The van der Waals surface area contributed by atoms with Crippen LogP contribution in [0.5, 0.6) is 0 Å². The van der Waals surface area contributed by atoms with Crippen LogP contribution < -0.4 is 5.32 Å². The van der Waals surface area contributed by atoms with E-state index in [4.69, 9.17) is 5.11 Å². The highest BCUT2D eigenvalue weighted by atomic mass is 16.4. The summed E-state index contributed by atoms with van der Waals surface area (Å²) in [7, 11) is 0. The zero-order valence-corrected chi connectivity index (χ0v) is 12.3. The van der Waals surface area contributed by atoms with Gasteiger partial charge in [0.1, 0.15) is 5.65 Å². The monoisotopic (exact) mass is 289 g/mol. The van der Waals surface area contributed by atoms with E-state index < -0.39 is 11.5 Å². The fourth-order valence-corrected chi connectivity index (χ4v) is 2.09. The topological polar surface area (TPSA) is 83.7 Å². The number of fused-ring (bicyclic) bond motifs is 1. The fourth-order valence-electron chi connectivity index (χ4n) is 2.09. The lowest BCUT2D eigenvalue weighted by molar-refractivity contribution is -0.138. The first-order valence-corrected chi connectivity index (χ1v) is 6.79. The molecule has 0 aliphatic rings. The Morgan fingerprint density at radius 3 is 2.76 bits per heavy atom. The lowest BCUT2D eigenvalue weighted by Gasteiger charge is -2.33. The molecule has 2 aromatic rings. The number of aromatic nitrogens is 2. The Morgan fingerprint density at radius 2 is 2.14 bits per heavy atom. The van der Waals surface area contributed by atoms with Crippen molar-refractivity contribution < 1.29 is 14.7 Å². The molecule has 2 rings (SSSR count). The van der Waals surface area contributed by atoms with E-state index in [0.717, 1.165) is 5.65 Å². The number of aliphatic carboxylic acids is 1. The third kappa shape index (κ3) is 3.21. The maximum absolute atomic E-state index is 12.4. The highest BCUT2D eigenvalue weighted by Gasteiger charge is 2.33. The Hall–Kier alpha value is -2.37. The molecule has 112 valence electrons. The molecule has 1 amide bonds. The summed E-state index contributed by atoms with van der Waals surface area (Å²) in [5, 5.41) is 11.9. The molecule has 2 heterocycles. The minimum Gasteiger partial charge on any atom is -0.481 e. The van der Waals surface area contributed by atoms with Gasteiger partial charge >= 0.3 is 5.97 Å². The van der Waals surface area contributed by atoms with Gasteiger partial charge in [-0.25, -0.2) is 4.98 Å². The largest absolute Gasteiger partial charge is 0.481 e. The Balaban J connectivity index is 2.23. The molecule has 6 nitrogen and oxygen atoms in total. The quantitative estimate of drug-likeness (QED) is 0.881. The minimum absolute atomic E-state index is 0.00507. The first kappa shape index (κ1) is 15.0. The summed E-state index contributed by atoms with van der Waals surface area (Å²) >= 11 is 0. The van der Waals surface area contributed by atoms with Crippen LogP contribution in [0, 0.1) is 5.92 Å². The highest BCUT2D eigenvalue weighted by Crippen LogP contribution is 2.21. The van der Waals surface area contributed by atoms with Crippen molar-refractivity contribution in [2.75, 3.05) is 0 Å². The fraction of sp³-hybridized carbons (Fsp3) is 0.400. The lowest BCUT2D eigenvalue weighted by Crippen LogP contribution is -2.51. The number of carboxylic acids is 1. The van der Waals surface area contributed by atoms with Crippen molar-refractivity contribution in [1.82, 2.24) is 14.7 Å². The zero-order chi connectivity index (χ0) is 15.6. The van der Waals surface area contributed by atoms with Gasteiger partial charge in [0.05, 0.1) is 17.5 Å². The first-order valence-electron chi connectivity index (χ1n) is 6.79. The number of amides is 1. The first-order chi connectivity index (χ1) is 9.82. The van der Waals surface area contributed by atoms with E-state index in [1.165, 1.54) is 0 Å². The van der Waals surface area contributed by atoms with E-state index in [2.05, 4.69) is 10.3 Å². The molecule has 2 aromatic heterocycles. The van der Waals surface area contributed by atoms with Crippen LogP contribution in [-0.2, 0) is 4.79 Å². The van der Waals surface area contributed by atoms with Gasteiger partial charge in [-0.3, -0.25) is 9.59 Å². The van der Waals surface area contributed by atoms with E-state index in [9.17, 15) is 9.59 Å². The molecule has 0 radical (unpaired) electrons. The van der Waals surface area contributed by atoms with Crippen LogP contribution in [0.25, 0.3) is 5.65 Å². The van der Waals surface area contributed by atoms with Gasteiger partial charge < -0.3 is 14.8 Å². The molecular weight excluding hydrogens is 270 g/mol. The van der Waals surface area contributed by atoms with Crippen molar-refractivity contribution in [3.8, 4) is 0 Å². The highest BCUT2D eigenvalue weighted by molar-refractivity contribution is 5.95. The molecule has 0 bridgehead atoms. The zero-order valence-electron chi connectivity index (χ0n) is 12.3. The van der Waals surface area contributed by atoms with E-state index >= 15 is 0 Å². The summed E-state index contributed by atoms with van der Waals surface area (Å²) in [6.45, 7) is 5.53. The number of nitrogens with one attached hydrogen (secondary N) is 1. The number of carbonyl (C=O) groups excluding carboxylic acids is 1. The lowest BCUT2D eigenvalue weighted by atomic mass is 9.85. The van der Waals surface area contributed by atoms with E-state index in [0.29, 0.717) is 5.56 Å². The van der Waals surface area contributed by atoms with Crippen molar-refractivity contribution in [1.29, 1.82) is 0 Å². The van der Waals surface area contributed by atoms with Gasteiger partial charge in [-0.2, -0.15) is 0 Å². The van der Waals surface area contributed by atoms with Gasteiger partial charge in [-0.1, -0.05) is 13.8 Å². The second-order valence-corrected chi connectivity index (χ2v) is 5.71. The number of pyridine rings is 1. The smallest absolute Gasteiger partial charge is 0.305 e. The number of carboxylic acid groups (broad SMARTS) is 1. The second-order valence-electron chi connectivity index (χ2n) is 5.71. The number of rotatable bonds is 5. The summed E-state index contributed by atoms with van der Waals surface area (Å²) < 4.78 is 1.75. The molecule has 6 heteroatoms. The molecule has 0 fully saturated rings. The maximum Gasteiger partial charge on any atom is 0.305 e. The Morgan fingerprint density at radius 1 is 1.43 bits per heavy atom. The van der Waals surface area contributed by atoms with Crippen molar-refractivity contribution >= 4 is 17.5 Å². The summed E-state index contributed by atoms with van der Waals surface area (Å²) in [6, 6.07) is 3.43. The second kappa shape index (κ2) is 5.55. The molecule has 0 aromatic carbocycles. The number of hydrogen-bond donors (Lipinski definition) is 2. The Kier molecular flexibility index (Phi) is 3.97. The van der Waals surface area contributed by atoms with Gasteiger partial charge in [-0.15, -0.1) is 0 Å².